The first kappa shape index (κ1) is 23.1. The Kier molecular flexibility index (Phi) is 11.8. The predicted molar refractivity (Wildman–Crippen MR) is 121 cm³/mol. The summed E-state index contributed by atoms with van der Waals surface area (Å²) in [5, 5.41) is 6.95. The molecule has 0 radical (unpaired) electrons. The molecule has 1 saturated heterocycles. The first-order valence-corrected chi connectivity index (χ1v) is 9.94. The van der Waals surface area contributed by atoms with E-state index in [1.54, 1.807) is 0 Å². The number of rotatable bonds is 9. The molecular formula is C20H36IN5. The lowest BCUT2D eigenvalue weighted by Crippen LogP contribution is -2.49. The van der Waals surface area contributed by atoms with E-state index in [-0.39, 0.29) is 24.0 Å². The van der Waals surface area contributed by atoms with Gasteiger partial charge in [-0.15, -0.1) is 24.0 Å². The molecule has 0 aromatic carbocycles. The molecule has 2 N–H and O–H groups in total. The lowest BCUT2D eigenvalue weighted by Gasteiger charge is -2.34. The summed E-state index contributed by atoms with van der Waals surface area (Å²) in [6.45, 7) is 11.7. The van der Waals surface area contributed by atoms with E-state index in [1.165, 1.54) is 38.8 Å². The van der Waals surface area contributed by atoms with Crippen LogP contribution < -0.4 is 10.6 Å². The first-order valence-electron chi connectivity index (χ1n) is 9.94. The van der Waals surface area contributed by atoms with Gasteiger partial charge in [-0.25, -0.2) is 4.99 Å². The van der Waals surface area contributed by atoms with Gasteiger partial charge >= 0.3 is 0 Å². The summed E-state index contributed by atoms with van der Waals surface area (Å²) >= 11 is 0. The molecule has 0 aliphatic carbocycles. The Morgan fingerprint density at radius 3 is 2.46 bits per heavy atom. The van der Waals surface area contributed by atoms with Crippen LogP contribution in [0.25, 0.3) is 0 Å². The van der Waals surface area contributed by atoms with E-state index in [2.05, 4.69) is 41.3 Å². The Morgan fingerprint density at radius 2 is 1.88 bits per heavy atom. The molecule has 1 aliphatic rings. The van der Waals surface area contributed by atoms with Gasteiger partial charge in [0.2, 0.25) is 0 Å². The molecule has 0 saturated carbocycles. The molecule has 1 atom stereocenters. The van der Waals surface area contributed by atoms with Crippen LogP contribution >= 0.6 is 24.0 Å². The van der Waals surface area contributed by atoms with Crippen molar-refractivity contribution in [3.63, 3.8) is 0 Å². The summed E-state index contributed by atoms with van der Waals surface area (Å²) in [5.74, 6) is 1.63. The Morgan fingerprint density at radius 1 is 1.15 bits per heavy atom. The Balaban J connectivity index is 0.00000338. The third-order valence-electron chi connectivity index (χ3n) is 5.15. The topological polar surface area (TPSA) is 52.6 Å². The van der Waals surface area contributed by atoms with Gasteiger partial charge in [-0.1, -0.05) is 32.8 Å². The molecule has 1 unspecified atom stereocenters. The normalized spacial score (nSPS) is 16.4. The highest BCUT2D eigenvalue weighted by molar-refractivity contribution is 14.0. The van der Waals surface area contributed by atoms with Crippen LogP contribution in [0, 0.1) is 5.92 Å². The van der Waals surface area contributed by atoms with Crippen molar-refractivity contribution >= 4 is 29.9 Å². The van der Waals surface area contributed by atoms with Crippen molar-refractivity contribution < 1.29 is 0 Å². The van der Waals surface area contributed by atoms with Crippen molar-refractivity contribution in [3.05, 3.63) is 30.1 Å². The van der Waals surface area contributed by atoms with Crippen LogP contribution in [0.4, 0.5) is 0 Å². The molecule has 1 fully saturated rings. The van der Waals surface area contributed by atoms with Crippen LogP contribution in [0.2, 0.25) is 0 Å². The van der Waals surface area contributed by atoms with Gasteiger partial charge in [0.15, 0.2) is 5.96 Å². The third kappa shape index (κ3) is 7.39. The molecule has 2 rings (SSSR count). The number of likely N-dealkylation sites (tertiary alicyclic amines) is 1. The lowest BCUT2D eigenvalue weighted by molar-refractivity contribution is 0.166. The minimum atomic E-state index is 0. The summed E-state index contributed by atoms with van der Waals surface area (Å²) in [6.07, 6.45) is 6.97. The van der Waals surface area contributed by atoms with E-state index in [0.29, 0.717) is 12.6 Å². The zero-order valence-electron chi connectivity index (χ0n) is 16.6. The highest BCUT2D eigenvalue weighted by Crippen LogP contribution is 2.22. The summed E-state index contributed by atoms with van der Waals surface area (Å²) in [6, 6.07) is 6.56. The van der Waals surface area contributed by atoms with Crippen LogP contribution in [0.3, 0.4) is 0 Å². The van der Waals surface area contributed by atoms with Crippen LogP contribution in [0.1, 0.15) is 52.1 Å². The average molecular weight is 473 g/mol. The molecule has 5 nitrogen and oxygen atoms in total. The maximum Gasteiger partial charge on any atom is 0.191 e. The molecular weight excluding hydrogens is 437 g/mol. The van der Waals surface area contributed by atoms with Crippen molar-refractivity contribution in [2.45, 2.75) is 59.0 Å². The number of nitrogens with one attached hydrogen (secondary N) is 2. The standard InChI is InChI=1S/C20H35N5.HI/c1-4-17(5-2)19(25-13-9-10-14-25)16-24-20(21-6-3)23-15-18-11-7-8-12-22-18;/h7-8,11-12,17,19H,4-6,9-10,13-16H2,1-3H3,(H2,21,23,24);1H. The Labute approximate surface area is 176 Å². The zero-order valence-corrected chi connectivity index (χ0v) is 18.9. The second kappa shape index (κ2) is 13.3. The number of guanidine groups is 1. The second-order valence-electron chi connectivity index (χ2n) is 6.78. The summed E-state index contributed by atoms with van der Waals surface area (Å²) in [5.41, 5.74) is 0.996. The number of aliphatic imine (C=N–C) groups is 1. The van der Waals surface area contributed by atoms with Gasteiger partial charge in [-0.2, -0.15) is 0 Å². The molecule has 1 aliphatic heterocycles. The minimum absolute atomic E-state index is 0. The van der Waals surface area contributed by atoms with Crippen molar-refractivity contribution in [1.82, 2.24) is 20.5 Å². The molecule has 1 aromatic heterocycles. The van der Waals surface area contributed by atoms with Crippen LogP contribution in [0.15, 0.2) is 29.4 Å². The maximum atomic E-state index is 4.71. The molecule has 1 aromatic rings. The van der Waals surface area contributed by atoms with Crippen molar-refractivity contribution in [1.29, 1.82) is 0 Å². The van der Waals surface area contributed by atoms with Crippen molar-refractivity contribution in [2.75, 3.05) is 26.2 Å². The highest BCUT2D eigenvalue weighted by atomic mass is 127. The zero-order chi connectivity index (χ0) is 17.9. The molecule has 0 amide bonds. The number of hydrogen-bond donors (Lipinski definition) is 2. The highest BCUT2D eigenvalue weighted by Gasteiger charge is 2.27. The van der Waals surface area contributed by atoms with Gasteiger partial charge in [0.05, 0.1) is 12.2 Å². The van der Waals surface area contributed by atoms with E-state index in [1.807, 2.05) is 24.4 Å². The van der Waals surface area contributed by atoms with E-state index in [9.17, 15) is 0 Å². The van der Waals surface area contributed by atoms with E-state index < -0.39 is 0 Å². The fourth-order valence-corrected chi connectivity index (χ4v) is 3.69. The number of halogens is 1. The molecule has 0 bridgehead atoms. The summed E-state index contributed by atoms with van der Waals surface area (Å²) < 4.78 is 0. The van der Waals surface area contributed by atoms with Crippen LogP contribution in [-0.2, 0) is 6.54 Å². The number of pyridine rings is 1. The predicted octanol–water partition coefficient (Wildman–Crippen LogP) is 3.66. The number of hydrogen-bond acceptors (Lipinski definition) is 3. The number of aromatic nitrogens is 1. The molecule has 0 spiro atoms. The monoisotopic (exact) mass is 473 g/mol. The Hall–Kier alpha value is -0.890. The largest absolute Gasteiger partial charge is 0.357 e. The van der Waals surface area contributed by atoms with Gasteiger partial charge in [0.1, 0.15) is 0 Å². The molecule has 148 valence electrons. The molecule has 2 heterocycles. The molecule has 26 heavy (non-hydrogen) atoms. The quantitative estimate of drug-likeness (QED) is 0.327. The fourth-order valence-electron chi connectivity index (χ4n) is 3.69. The van der Waals surface area contributed by atoms with Crippen molar-refractivity contribution in [2.24, 2.45) is 10.9 Å². The van der Waals surface area contributed by atoms with Crippen molar-refractivity contribution in [3.8, 4) is 0 Å². The lowest BCUT2D eigenvalue weighted by atomic mass is 9.93. The van der Waals surface area contributed by atoms with Gasteiger partial charge in [0.25, 0.3) is 0 Å². The maximum absolute atomic E-state index is 4.71. The Bertz CT molecular complexity index is 496. The molecule has 6 heteroatoms. The van der Waals surface area contributed by atoms with Gasteiger partial charge in [-0.05, 0) is 50.9 Å². The van der Waals surface area contributed by atoms with Gasteiger partial charge in [0, 0.05) is 25.3 Å². The third-order valence-corrected chi connectivity index (χ3v) is 5.15. The second-order valence-corrected chi connectivity index (χ2v) is 6.78. The fraction of sp³-hybridized carbons (Fsp3) is 0.700. The van der Waals surface area contributed by atoms with Crippen LogP contribution in [0.5, 0.6) is 0 Å². The van der Waals surface area contributed by atoms with Crippen LogP contribution in [-0.4, -0.2) is 48.1 Å². The number of nitrogens with zero attached hydrogens (tertiary/aromatic N) is 3. The van der Waals surface area contributed by atoms with E-state index >= 15 is 0 Å². The average Bonchev–Trinajstić information content (AvgIpc) is 3.18. The summed E-state index contributed by atoms with van der Waals surface area (Å²) in [4.78, 5) is 11.7. The van der Waals surface area contributed by atoms with E-state index in [0.717, 1.165) is 30.7 Å². The van der Waals surface area contributed by atoms with E-state index in [4.69, 9.17) is 4.99 Å². The minimum Gasteiger partial charge on any atom is -0.357 e. The van der Waals surface area contributed by atoms with Gasteiger partial charge in [-0.3, -0.25) is 9.88 Å². The van der Waals surface area contributed by atoms with Gasteiger partial charge < -0.3 is 10.6 Å². The summed E-state index contributed by atoms with van der Waals surface area (Å²) in [7, 11) is 0. The SMILES string of the molecule is CCNC(=NCc1ccccn1)NCC(C(CC)CC)N1CCCC1.I. The first-order chi connectivity index (χ1) is 12.3. The smallest absolute Gasteiger partial charge is 0.191 e.